The highest BCUT2D eigenvalue weighted by molar-refractivity contribution is 5.88. The van der Waals surface area contributed by atoms with Crippen LogP contribution in [0.5, 0.6) is 5.75 Å². The molecule has 1 aliphatic carbocycles. The molecule has 4 rings (SSSR count). The van der Waals surface area contributed by atoms with Gasteiger partial charge in [0.1, 0.15) is 24.1 Å². The Hall–Kier alpha value is -3.04. The van der Waals surface area contributed by atoms with Gasteiger partial charge in [0.2, 0.25) is 12.6 Å². The van der Waals surface area contributed by atoms with E-state index in [4.69, 9.17) is 18.9 Å². The maximum absolute atomic E-state index is 12.5. The molecule has 2 fully saturated rings. The van der Waals surface area contributed by atoms with E-state index in [2.05, 4.69) is 0 Å². The minimum atomic E-state index is -1.77. The van der Waals surface area contributed by atoms with Crippen LogP contribution >= 0.6 is 0 Å². The molecule has 0 aromatic heterocycles. The molecule has 10 atom stereocenters. The molecule has 1 saturated carbocycles. The van der Waals surface area contributed by atoms with Gasteiger partial charge in [-0.15, -0.1) is 0 Å². The lowest BCUT2D eigenvalue weighted by molar-refractivity contribution is -0.347. The van der Waals surface area contributed by atoms with E-state index in [9.17, 15) is 45.3 Å². The Morgan fingerprint density at radius 3 is 2.45 bits per heavy atom. The number of phenols is 1. The minimum Gasteiger partial charge on any atom is -0.508 e. The number of aliphatic hydroxyl groups excluding tert-OH is 4. The van der Waals surface area contributed by atoms with Crippen molar-refractivity contribution in [1.29, 1.82) is 0 Å². The number of hydrogen-bond acceptors (Lipinski definition) is 12. The van der Waals surface area contributed by atoms with Crippen molar-refractivity contribution in [3.8, 4) is 5.75 Å². The van der Waals surface area contributed by atoms with Crippen LogP contribution in [0.1, 0.15) is 18.9 Å². The number of phenolic OH excluding ortho intramolecular Hbond substituents is 1. The van der Waals surface area contributed by atoms with Crippen LogP contribution in [0.25, 0.3) is 6.08 Å². The molecule has 7 N–H and O–H groups in total. The molecular weight excluding hydrogens is 508 g/mol. The summed E-state index contributed by atoms with van der Waals surface area (Å²) in [4.78, 5) is 24.2. The van der Waals surface area contributed by atoms with Gasteiger partial charge in [0.15, 0.2) is 6.10 Å². The van der Waals surface area contributed by atoms with E-state index in [1.165, 1.54) is 37.3 Å². The van der Waals surface area contributed by atoms with E-state index in [-0.39, 0.29) is 17.7 Å². The Morgan fingerprint density at radius 1 is 1.13 bits per heavy atom. The molecule has 1 aromatic carbocycles. The Kier molecular flexibility index (Phi) is 8.09. The summed E-state index contributed by atoms with van der Waals surface area (Å²) in [7, 11) is 0. The average molecular weight is 539 g/mol. The van der Waals surface area contributed by atoms with Crippen LogP contribution in [0.4, 0.5) is 0 Å². The largest absolute Gasteiger partial charge is 0.508 e. The third kappa shape index (κ3) is 5.54. The monoisotopic (exact) mass is 538 g/mol. The van der Waals surface area contributed by atoms with Gasteiger partial charge < -0.3 is 54.7 Å². The molecule has 3 aliphatic rings. The van der Waals surface area contributed by atoms with Crippen molar-refractivity contribution in [2.75, 3.05) is 6.61 Å². The lowest BCUT2D eigenvalue weighted by atomic mass is 9.81. The average Bonchev–Trinajstić information content (AvgIpc) is 3.11. The van der Waals surface area contributed by atoms with E-state index < -0.39 is 79.1 Å². The van der Waals surface area contributed by atoms with Crippen molar-refractivity contribution < 1.29 is 64.3 Å². The molecule has 208 valence electrons. The fraction of sp³-hybridized carbons (Fsp3) is 0.520. The van der Waals surface area contributed by atoms with Gasteiger partial charge in [0.05, 0.1) is 36.1 Å². The van der Waals surface area contributed by atoms with Crippen LogP contribution in [0.2, 0.25) is 0 Å². The van der Waals surface area contributed by atoms with Gasteiger partial charge in [0.25, 0.3) is 0 Å². The van der Waals surface area contributed by atoms with Crippen molar-refractivity contribution in [3.05, 3.63) is 47.7 Å². The number of benzene rings is 1. The molecule has 0 amide bonds. The molecule has 38 heavy (non-hydrogen) atoms. The SMILES string of the molecule is C[C@]1(O)C[C@@H](O)[C@H]2C(C(=O)O)=CO[C@@H](O[C@H]3O[C@@H](CO)[C@@H](O)[C@@H](O)[C@H]3OC(=O)/C=C\c3ccc(O)cc3)[C@@H]21. The standard InChI is InChI=1S/C25H30O13/c1-25(34)8-14(28)17-13(22(32)33)10-35-23(18(17)25)38-24-21(20(31)19(30)15(9-26)36-24)37-16(29)7-4-11-2-5-12(27)6-3-11/h2-7,10,14-15,17-21,23-24,26-28,30-31,34H,8-9H2,1H3,(H,32,33)/b7-4-/t14-,15+,17-,18-,19-,20-,21-,23+,24-,25+/m1/s1. The van der Waals surface area contributed by atoms with Gasteiger partial charge in [-0.3, -0.25) is 0 Å². The van der Waals surface area contributed by atoms with E-state index in [1.54, 1.807) is 0 Å². The molecule has 1 aromatic rings. The molecule has 0 spiro atoms. The molecular formula is C25H30O13. The second-order valence-electron chi connectivity index (χ2n) is 9.73. The number of carboxylic acid groups (broad SMARTS) is 1. The highest BCUT2D eigenvalue weighted by Gasteiger charge is 2.59. The first kappa shape index (κ1) is 28.0. The van der Waals surface area contributed by atoms with Gasteiger partial charge in [-0.2, -0.15) is 0 Å². The Bertz CT molecular complexity index is 1080. The van der Waals surface area contributed by atoms with Crippen LogP contribution in [0.3, 0.4) is 0 Å². The smallest absolute Gasteiger partial charge is 0.335 e. The second kappa shape index (κ2) is 11.0. The Labute approximate surface area is 216 Å². The molecule has 0 bridgehead atoms. The molecule has 2 heterocycles. The van der Waals surface area contributed by atoms with Crippen molar-refractivity contribution in [2.45, 2.75) is 62.0 Å². The van der Waals surface area contributed by atoms with E-state index in [1.807, 2.05) is 0 Å². The number of carboxylic acids is 1. The van der Waals surface area contributed by atoms with E-state index in [0.717, 1.165) is 12.3 Å². The fourth-order valence-corrected chi connectivity index (χ4v) is 5.14. The topological polar surface area (TPSA) is 213 Å². The van der Waals surface area contributed by atoms with Crippen molar-refractivity contribution >= 4 is 18.0 Å². The quantitative estimate of drug-likeness (QED) is 0.161. The predicted molar refractivity (Wildman–Crippen MR) is 125 cm³/mol. The van der Waals surface area contributed by atoms with Crippen LogP contribution in [-0.4, -0.2) is 103 Å². The van der Waals surface area contributed by atoms with Crippen molar-refractivity contribution in [1.82, 2.24) is 0 Å². The maximum Gasteiger partial charge on any atom is 0.335 e. The zero-order chi connectivity index (χ0) is 27.8. The number of carbonyl (C=O) groups is 2. The lowest BCUT2D eigenvalue weighted by Crippen LogP contribution is -2.62. The van der Waals surface area contributed by atoms with Crippen molar-refractivity contribution in [2.24, 2.45) is 11.8 Å². The number of fused-ring (bicyclic) bond motifs is 1. The molecule has 0 unspecified atom stereocenters. The van der Waals surface area contributed by atoms with Crippen molar-refractivity contribution in [3.63, 3.8) is 0 Å². The molecule has 2 aliphatic heterocycles. The summed E-state index contributed by atoms with van der Waals surface area (Å²) in [5, 5.41) is 70.9. The predicted octanol–water partition coefficient (Wildman–Crippen LogP) is -1.15. The summed E-state index contributed by atoms with van der Waals surface area (Å²) in [5.41, 5.74) is -1.35. The summed E-state index contributed by atoms with van der Waals surface area (Å²) < 4.78 is 22.2. The second-order valence-corrected chi connectivity index (χ2v) is 9.73. The summed E-state index contributed by atoms with van der Waals surface area (Å²) >= 11 is 0. The first-order chi connectivity index (χ1) is 17.9. The minimum absolute atomic E-state index is 0.0332. The van der Waals surface area contributed by atoms with Gasteiger partial charge >= 0.3 is 11.9 Å². The summed E-state index contributed by atoms with van der Waals surface area (Å²) in [6.45, 7) is 0.657. The first-order valence-electron chi connectivity index (χ1n) is 11.9. The van der Waals surface area contributed by atoms with E-state index >= 15 is 0 Å². The van der Waals surface area contributed by atoms with E-state index in [0.29, 0.717) is 5.56 Å². The van der Waals surface area contributed by atoms with Crippen LogP contribution in [-0.2, 0) is 28.5 Å². The zero-order valence-corrected chi connectivity index (χ0v) is 20.2. The highest BCUT2D eigenvalue weighted by Crippen LogP contribution is 2.49. The van der Waals surface area contributed by atoms with Gasteiger partial charge in [-0.25, -0.2) is 9.59 Å². The fourth-order valence-electron chi connectivity index (χ4n) is 5.14. The molecule has 0 radical (unpaired) electrons. The van der Waals surface area contributed by atoms with Gasteiger partial charge in [-0.1, -0.05) is 12.1 Å². The first-order valence-corrected chi connectivity index (χ1v) is 11.9. The van der Waals surface area contributed by atoms with Gasteiger partial charge in [-0.05, 0) is 30.7 Å². The van der Waals surface area contributed by atoms with Crippen LogP contribution in [0, 0.1) is 11.8 Å². The summed E-state index contributed by atoms with van der Waals surface area (Å²) in [5.74, 6) is -4.43. The normalized spacial score (nSPS) is 38.8. The number of rotatable bonds is 7. The number of ether oxygens (including phenoxy) is 4. The number of aliphatic hydroxyl groups is 5. The molecule has 13 heteroatoms. The van der Waals surface area contributed by atoms with Gasteiger partial charge in [0, 0.05) is 18.4 Å². The zero-order valence-electron chi connectivity index (χ0n) is 20.2. The number of carbonyl (C=O) groups excluding carboxylic acids is 1. The number of esters is 1. The lowest BCUT2D eigenvalue weighted by Gasteiger charge is -2.44. The molecule has 1 saturated heterocycles. The summed E-state index contributed by atoms with van der Waals surface area (Å²) in [6, 6.07) is 5.90. The van der Waals surface area contributed by atoms with Crippen LogP contribution in [0.15, 0.2) is 42.2 Å². The number of aromatic hydroxyl groups is 1. The number of aliphatic carboxylic acids is 1. The number of hydrogen-bond donors (Lipinski definition) is 7. The molecule has 13 nitrogen and oxygen atoms in total. The van der Waals surface area contributed by atoms with Crippen LogP contribution < -0.4 is 0 Å². The summed E-state index contributed by atoms with van der Waals surface area (Å²) in [6.07, 6.45) is -7.55. The maximum atomic E-state index is 12.5. The Balaban J connectivity index is 1.57. The highest BCUT2D eigenvalue weighted by atomic mass is 16.8. The third-order valence-electron chi connectivity index (χ3n) is 7.02. The Morgan fingerprint density at radius 2 is 1.82 bits per heavy atom. The third-order valence-corrected chi connectivity index (χ3v) is 7.02.